The fourth-order valence-corrected chi connectivity index (χ4v) is 4.27. The molecule has 0 aromatic carbocycles. The van der Waals surface area contributed by atoms with E-state index in [2.05, 4.69) is 38.8 Å². The van der Waals surface area contributed by atoms with Gasteiger partial charge in [0.25, 0.3) is 0 Å². The molecule has 4 aromatic rings. The first-order chi connectivity index (χ1) is 12.8. The molecule has 0 unspecified atom stereocenters. The van der Waals surface area contributed by atoms with E-state index in [9.17, 15) is 0 Å². The van der Waals surface area contributed by atoms with Gasteiger partial charge in [-0.2, -0.15) is 16.4 Å². The molecular weight excluding hydrogens is 342 g/mol. The molecule has 1 saturated heterocycles. The monoisotopic (exact) mass is 361 g/mol. The van der Waals surface area contributed by atoms with Crippen LogP contribution in [0.1, 0.15) is 23.7 Å². The molecule has 5 nitrogen and oxygen atoms in total. The fourth-order valence-electron chi connectivity index (χ4n) is 3.61. The Morgan fingerprint density at radius 2 is 2.15 bits per heavy atom. The first kappa shape index (κ1) is 15.7. The van der Waals surface area contributed by atoms with Crippen LogP contribution in [0, 0.1) is 0 Å². The molecule has 0 spiro atoms. The average Bonchev–Trinajstić information content (AvgIpc) is 3.42. The molecule has 0 amide bonds. The molecule has 0 bridgehead atoms. The van der Waals surface area contributed by atoms with E-state index in [1.807, 2.05) is 29.0 Å². The van der Waals surface area contributed by atoms with Crippen LogP contribution in [0.3, 0.4) is 0 Å². The minimum Gasteiger partial charge on any atom is -0.298 e. The zero-order valence-corrected chi connectivity index (χ0v) is 15.1. The zero-order chi connectivity index (χ0) is 17.3. The lowest BCUT2D eigenvalue weighted by atomic mass is 10.1. The van der Waals surface area contributed by atoms with Gasteiger partial charge in [-0.1, -0.05) is 6.07 Å². The van der Waals surface area contributed by atoms with Gasteiger partial charge in [0.15, 0.2) is 11.5 Å². The topological polar surface area (TPSA) is 46.3 Å². The van der Waals surface area contributed by atoms with E-state index >= 15 is 0 Å². The predicted octanol–water partition coefficient (Wildman–Crippen LogP) is 3.84. The molecule has 1 atom stereocenters. The van der Waals surface area contributed by atoms with Crippen molar-refractivity contribution in [2.24, 2.45) is 0 Å². The Bertz CT molecular complexity index is 1010. The molecule has 5 rings (SSSR count). The number of hydrogen-bond acceptors (Lipinski definition) is 5. The summed E-state index contributed by atoms with van der Waals surface area (Å²) in [5.41, 5.74) is 4.51. The number of pyridine rings is 2. The van der Waals surface area contributed by atoms with E-state index in [1.165, 1.54) is 5.56 Å². The van der Waals surface area contributed by atoms with Gasteiger partial charge in [-0.3, -0.25) is 9.88 Å². The Hall–Kier alpha value is -2.57. The summed E-state index contributed by atoms with van der Waals surface area (Å²) in [6.45, 7) is 3.16. The van der Waals surface area contributed by atoms with Crippen molar-refractivity contribution in [3.8, 4) is 11.1 Å². The molecule has 5 heterocycles. The van der Waals surface area contributed by atoms with Gasteiger partial charge < -0.3 is 0 Å². The van der Waals surface area contributed by atoms with Gasteiger partial charge in [-0.05, 0) is 53.6 Å². The highest BCUT2D eigenvalue weighted by Gasteiger charge is 2.27. The minimum absolute atomic E-state index is 0.412. The highest BCUT2D eigenvalue weighted by Crippen LogP contribution is 2.27. The van der Waals surface area contributed by atoms with Gasteiger partial charge in [0.2, 0.25) is 0 Å². The Balaban J connectivity index is 1.36. The molecule has 0 saturated carbocycles. The van der Waals surface area contributed by atoms with E-state index in [-0.39, 0.29) is 0 Å². The molecule has 130 valence electrons. The third-order valence-corrected chi connectivity index (χ3v) is 5.70. The lowest BCUT2D eigenvalue weighted by Gasteiger charge is -2.13. The van der Waals surface area contributed by atoms with Crippen molar-refractivity contribution in [2.75, 3.05) is 13.1 Å². The molecule has 6 heteroatoms. The highest BCUT2D eigenvalue weighted by molar-refractivity contribution is 7.07. The Kier molecular flexibility index (Phi) is 3.99. The zero-order valence-electron chi connectivity index (χ0n) is 14.3. The van der Waals surface area contributed by atoms with Crippen LogP contribution >= 0.6 is 11.3 Å². The maximum Gasteiger partial charge on any atom is 0.156 e. The van der Waals surface area contributed by atoms with Gasteiger partial charge in [0.05, 0.1) is 0 Å². The number of aromatic nitrogens is 4. The van der Waals surface area contributed by atoms with Crippen molar-refractivity contribution < 1.29 is 0 Å². The van der Waals surface area contributed by atoms with Crippen LogP contribution in [0.2, 0.25) is 0 Å². The predicted molar refractivity (Wildman–Crippen MR) is 103 cm³/mol. The fraction of sp³-hybridized carbons (Fsp3) is 0.250. The van der Waals surface area contributed by atoms with E-state index in [0.717, 1.165) is 48.7 Å². The summed E-state index contributed by atoms with van der Waals surface area (Å²) < 4.78 is 1.90. The molecular formula is C20H19N5S. The van der Waals surface area contributed by atoms with Gasteiger partial charge in [0, 0.05) is 48.7 Å². The molecule has 1 aliphatic heterocycles. The van der Waals surface area contributed by atoms with Crippen molar-refractivity contribution in [3.63, 3.8) is 0 Å². The summed E-state index contributed by atoms with van der Waals surface area (Å²) in [4.78, 5) is 11.5. The van der Waals surface area contributed by atoms with Crippen LogP contribution in [0.15, 0.2) is 59.7 Å². The van der Waals surface area contributed by atoms with Crippen LogP contribution in [0.4, 0.5) is 0 Å². The third kappa shape index (κ3) is 3.02. The van der Waals surface area contributed by atoms with E-state index < -0.39 is 0 Å². The SMILES string of the molecule is c1cncc(-c2ccc3nc([C@@H]4CCN(Cc5ccsc5)C4)nn3c2)c1. The summed E-state index contributed by atoms with van der Waals surface area (Å²) in [7, 11) is 0. The quantitative estimate of drug-likeness (QED) is 0.554. The van der Waals surface area contributed by atoms with Crippen molar-refractivity contribution >= 4 is 17.0 Å². The summed E-state index contributed by atoms with van der Waals surface area (Å²) >= 11 is 1.76. The largest absolute Gasteiger partial charge is 0.298 e. The summed E-state index contributed by atoms with van der Waals surface area (Å²) in [5, 5.41) is 9.15. The second kappa shape index (κ2) is 6.63. The molecule has 1 aliphatic rings. The van der Waals surface area contributed by atoms with Crippen molar-refractivity contribution in [2.45, 2.75) is 18.9 Å². The number of rotatable bonds is 4. The Labute approximate surface area is 156 Å². The highest BCUT2D eigenvalue weighted by atomic mass is 32.1. The van der Waals surface area contributed by atoms with E-state index in [0.29, 0.717) is 5.92 Å². The maximum absolute atomic E-state index is 4.77. The van der Waals surface area contributed by atoms with Crippen LogP contribution in [-0.4, -0.2) is 37.6 Å². The van der Waals surface area contributed by atoms with Crippen LogP contribution in [0.25, 0.3) is 16.8 Å². The second-order valence-electron chi connectivity index (χ2n) is 6.78. The molecule has 26 heavy (non-hydrogen) atoms. The van der Waals surface area contributed by atoms with E-state index in [4.69, 9.17) is 10.1 Å². The Morgan fingerprint density at radius 3 is 3.00 bits per heavy atom. The number of hydrogen-bond donors (Lipinski definition) is 0. The van der Waals surface area contributed by atoms with Crippen LogP contribution in [0.5, 0.6) is 0 Å². The standard InChI is InChI=1S/C20H19N5S/c1-2-16(10-21-7-1)17-3-4-19-22-20(23-25(19)13-17)18-5-8-24(12-18)11-15-6-9-26-14-15/h1-4,6-7,9-10,13-14,18H,5,8,11-12H2/t18-/m1/s1. The third-order valence-electron chi connectivity index (χ3n) is 4.97. The second-order valence-corrected chi connectivity index (χ2v) is 7.56. The minimum atomic E-state index is 0.412. The molecule has 0 aliphatic carbocycles. The Morgan fingerprint density at radius 1 is 1.15 bits per heavy atom. The smallest absolute Gasteiger partial charge is 0.156 e. The van der Waals surface area contributed by atoms with Gasteiger partial charge in [0.1, 0.15) is 0 Å². The van der Waals surface area contributed by atoms with E-state index in [1.54, 1.807) is 17.5 Å². The summed E-state index contributed by atoms with van der Waals surface area (Å²) in [5.74, 6) is 1.37. The number of fused-ring (bicyclic) bond motifs is 1. The molecule has 0 radical (unpaired) electrons. The van der Waals surface area contributed by atoms with Crippen LogP contribution < -0.4 is 0 Å². The van der Waals surface area contributed by atoms with Gasteiger partial charge in [-0.25, -0.2) is 9.50 Å². The van der Waals surface area contributed by atoms with Gasteiger partial charge in [-0.15, -0.1) is 0 Å². The van der Waals surface area contributed by atoms with Crippen LogP contribution in [-0.2, 0) is 6.54 Å². The molecule has 4 aromatic heterocycles. The van der Waals surface area contributed by atoms with Crippen molar-refractivity contribution in [3.05, 3.63) is 71.1 Å². The average molecular weight is 361 g/mol. The first-order valence-corrected chi connectivity index (χ1v) is 9.79. The van der Waals surface area contributed by atoms with Crippen molar-refractivity contribution in [1.82, 2.24) is 24.5 Å². The number of likely N-dealkylation sites (tertiary alicyclic amines) is 1. The lowest BCUT2D eigenvalue weighted by molar-refractivity contribution is 0.326. The van der Waals surface area contributed by atoms with Crippen molar-refractivity contribution in [1.29, 1.82) is 0 Å². The number of thiophene rings is 1. The lowest BCUT2D eigenvalue weighted by Crippen LogP contribution is -2.19. The summed E-state index contributed by atoms with van der Waals surface area (Å²) in [6.07, 6.45) is 6.83. The number of nitrogens with zero attached hydrogens (tertiary/aromatic N) is 5. The van der Waals surface area contributed by atoms with Gasteiger partial charge >= 0.3 is 0 Å². The maximum atomic E-state index is 4.77. The molecule has 0 N–H and O–H groups in total. The summed E-state index contributed by atoms with van der Waals surface area (Å²) in [6, 6.07) is 10.3. The first-order valence-electron chi connectivity index (χ1n) is 8.85. The molecule has 1 fully saturated rings. The normalized spacial score (nSPS) is 17.9.